The van der Waals surface area contributed by atoms with Crippen molar-refractivity contribution < 1.29 is 18.0 Å². The Kier molecular flexibility index (Phi) is 5.76. The predicted molar refractivity (Wildman–Crippen MR) is 109 cm³/mol. The second-order valence-corrected chi connectivity index (χ2v) is 8.52. The van der Waals surface area contributed by atoms with E-state index in [4.69, 9.17) is 11.6 Å². The molecule has 1 saturated heterocycles. The molecule has 1 heterocycles. The van der Waals surface area contributed by atoms with Crippen LogP contribution in [0.2, 0.25) is 5.02 Å². The largest absolute Gasteiger partial charge is 0.325 e. The van der Waals surface area contributed by atoms with Crippen LogP contribution in [0.25, 0.3) is 0 Å². The van der Waals surface area contributed by atoms with Gasteiger partial charge in [-0.3, -0.25) is 14.4 Å². The van der Waals surface area contributed by atoms with Gasteiger partial charge in [-0.2, -0.15) is 0 Å². The van der Waals surface area contributed by atoms with Crippen molar-refractivity contribution in [3.8, 4) is 0 Å². The highest BCUT2D eigenvalue weighted by Crippen LogP contribution is 2.22. The fraction of sp³-hybridized carbons (Fsp3) is 0.222. The average Bonchev–Trinajstić information content (AvgIpc) is 2.95. The Hall–Kier alpha value is -2.78. The number of sulfonamides is 1. The number of anilines is 3. The van der Waals surface area contributed by atoms with Crippen LogP contribution >= 0.6 is 11.6 Å². The summed E-state index contributed by atoms with van der Waals surface area (Å²) in [5, 5.41) is 3.26. The van der Waals surface area contributed by atoms with Crippen LogP contribution < -0.4 is 14.9 Å². The number of hydrogen-bond donors (Lipinski definition) is 2. The summed E-state index contributed by atoms with van der Waals surface area (Å²) < 4.78 is 25.0. The van der Waals surface area contributed by atoms with E-state index in [0.29, 0.717) is 29.5 Å². The third-order valence-corrected chi connectivity index (χ3v) is 4.88. The highest BCUT2D eigenvalue weighted by Gasteiger charge is 2.30. The van der Waals surface area contributed by atoms with Crippen LogP contribution in [-0.4, -0.2) is 51.1 Å². The smallest absolute Gasteiger partial charge is 0.324 e. The lowest BCUT2D eigenvalue weighted by Gasteiger charge is -2.18. The summed E-state index contributed by atoms with van der Waals surface area (Å²) in [6.07, 6.45) is 1.05. The molecular weight excluding hydrogens is 404 g/mol. The minimum Gasteiger partial charge on any atom is -0.324 e. The summed E-state index contributed by atoms with van der Waals surface area (Å²) in [6, 6.07) is 13.0. The van der Waals surface area contributed by atoms with Gasteiger partial charge in [0.2, 0.25) is 15.9 Å². The second-order valence-electron chi connectivity index (χ2n) is 6.34. The maximum absolute atomic E-state index is 12.6. The first-order valence-corrected chi connectivity index (χ1v) is 10.7. The Bertz CT molecular complexity index is 995. The molecule has 0 aromatic heterocycles. The SMILES string of the molecule is CS(=O)(=O)Nc1cccc(NC(=O)CN2CCN(c3ccc(Cl)cc3)C2=O)c1. The van der Waals surface area contributed by atoms with Gasteiger partial charge in [0.25, 0.3) is 0 Å². The monoisotopic (exact) mass is 422 g/mol. The molecule has 28 heavy (non-hydrogen) atoms. The van der Waals surface area contributed by atoms with Gasteiger partial charge >= 0.3 is 6.03 Å². The van der Waals surface area contributed by atoms with Gasteiger partial charge in [0.1, 0.15) is 6.54 Å². The maximum atomic E-state index is 12.6. The van der Waals surface area contributed by atoms with Crippen LogP contribution in [0.5, 0.6) is 0 Å². The Morgan fingerprint density at radius 3 is 2.46 bits per heavy atom. The third kappa shape index (κ3) is 5.14. The molecule has 0 spiro atoms. The number of rotatable bonds is 6. The third-order valence-electron chi connectivity index (χ3n) is 4.02. The van der Waals surface area contributed by atoms with Gasteiger partial charge in [0.05, 0.1) is 11.9 Å². The number of carbonyl (C=O) groups excluding carboxylic acids is 2. The number of hydrogen-bond acceptors (Lipinski definition) is 4. The van der Waals surface area contributed by atoms with Crippen LogP contribution in [0.4, 0.5) is 21.9 Å². The average molecular weight is 423 g/mol. The van der Waals surface area contributed by atoms with Crippen LogP contribution in [0.15, 0.2) is 48.5 Å². The quantitative estimate of drug-likeness (QED) is 0.747. The van der Waals surface area contributed by atoms with Crippen molar-refractivity contribution >= 4 is 50.6 Å². The van der Waals surface area contributed by atoms with E-state index in [9.17, 15) is 18.0 Å². The van der Waals surface area contributed by atoms with Crippen molar-refractivity contribution in [1.29, 1.82) is 0 Å². The van der Waals surface area contributed by atoms with Crippen molar-refractivity contribution in [2.45, 2.75) is 0 Å². The molecule has 0 saturated carbocycles. The van der Waals surface area contributed by atoms with E-state index in [1.165, 1.54) is 11.0 Å². The van der Waals surface area contributed by atoms with E-state index >= 15 is 0 Å². The van der Waals surface area contributed by atoms with E-state index in [1.54, 1.807) is 47.4 Å². The Labute approximate surface area is 168 Å². The number of nitrogens with zero attached hydrogens (tertiary/aromatic N) is 2. The molecule has 1 aliphatic rings. The highest BCUT2D eigenvalue weighted by molar-refractivity contribution is 7.92. The van der Waals surface area contributed by atoms with Crippen LogP contribution in [-0.2, 0) is 14.8 Å². The van der Waals surface area contributed by atoms with E-state index < -0.39 is 10.0 Å². The van der Waals surface area contributed by atoms with Crippen LogP contribution in [0.3, 0.4) is 0 Å². The van der Waals surface area contributed by atoms with E-state index in [0.717, 1.165) is 11.9 Å². The van der Waals surface area contributed by atoms with Gasteiger partial charge in [-0.15, -0.1) is 0 Å². The van der Waals surface area contributed by atoms with Crippen molar-refractivity contribution in [2.24, 2.45) is 0 Å². The van der Waals surface area contributed by atoms with Gasteiger partial charge in [-0.1, -0.05) is 17.7 Å². The summed E-state index contributed by atoms with van der Waals surface area (Å²) in [7, 11) is -3.41. The summed E-state index contributed by atoms with van der Waals surface area (Å²) in [5.41, 5.74) is 1.49. The molecule has 2 aromatic carbocycles. The van der Waals surface area contributed by atoms with Gasteiger partial charge in [-0.05, 0) is 42.5 Å². The van der Waals surface area contributed by atoms with Gasteiger partial charge in [-0.25, -0.2) is 13.2 Å². The molecule has 1 aliphatic heterocycles. The molecule has 148 valence electrons. The first-order chi connectivity index (χ1) is 13.2. The van der Waals surface area contributed by atoms with Gasteiger partial charge < -0.3 is 10.2 Å². The van der Waals surface area contributed by atoms with Crippen molar-refractivity contribution in [1.82, 2.24) is 4.90 Å². The van der Waals surface area contributed by atoms with Gasteiger partial charge in [0, 0.05) is 29.5 Å². The number of nitrogens with one attached hydrogen (secondary N) is 2. The fourth-order valence-corrected chi connectivity index (χ4v) is 3.52. The number of benzene rings is 2. The fourth-order valence-electron chi connectivity index (χ4n) is 2.84. The van der Waals surface area contributed by atoms with Crippen molar-refractivity contribution in [3.63, 3.8) is 0 Å². The summed E-state index contributed by atoms with van der Waals surface area (Å²) >= 11 is 5.87. The van der Waals surface area contributed by atoms with Crippen LogP contribution in [0.1, 0.15) is 0 Å². The van der Waals surface area contributed by atoms with Gasteiger partial charge in [0.15, 0.2) is 0 Å². The molecule has 0 unspecified atom stereocenters. The molecule has 2 N–H and O–H groups in total. The number of halogens is 1. The molecule has 3 amide bonds. The Balaban J connectivity index is 1.60. The topological polar surface area (TPSA) is 98.8 Å². The summed E-state index contributed by atoms with van der Waals surface area (Å²) in [5.74, 6) is -0.372. The van der Waals surface area contributed by atoms with Crippen LogP contribution in [0, 0.1) is 0 Å². The molecule has 1 fully saturated rings. The predicted octanol–water partition coefficient (Wildman–Crippen LogP) is 2.59. The zero-order valence-corrected chi connectivity index (χ0v) is 16.6. The maximum Gasteiger partial charge on any atom is 0.325 e. The number of carbonyl (C=O) groups is 2. The standard InChI is InChI=1S/C18H19ClN4O4S/c1-28(26,27)21-15-4-2-3-14(11-15)20-17(24)12-22-9-10-23(18(22)25)16-7-5-13(19)6-8-16/h2-8,11,21H,9-10,12H2,1H3,(H,20,24). The zero-order chi connectivity index (χ0) is 20.3. The molecule has 2 aromatic rings. The molecular formula is C18H19ClN4O4S. The lowest BCUT2D eigenvalue weighted by Crippen LogP contribution is -2.37. The van der Waals surface area contributed by atoms with Crippen molar-refractivity contribution in [3.05, 3.63) is 53.6 Å². The summed E-state index contributed by atoms with van der Waals surface area (Å²) in [4.78, 5) is 27.9. The number of urea groups is 1. The molecule has 0 bridgehead atoms. The van der Waals surface area contributed by atoms with E-state index in [2.05, 4.69) is 10.0 Å². The molecule has 0 atom stereocenters. The normalized spacial score (nSPS) is 14.3. The Morgan fingerprint density at radius 1 is 1.11 bits per heavy atom. The minimum absolute atomic E-state index is 0.105. The molecule has 10 heteroatoms. The number of amides is 3. The summed E-state index contributed by atoms with van der Waals surface area (Å²) in [6.45, 7) is 0.790. The first kappa shape index (κ1) is 20.0. The highest BCUT2D eigenvalue weighted by atomic mass is 35.5. The second kappa shape index (κ2) is 8.07. The first-order valence-electron chi connectivity index (χ1n) is 8.41. The van der Waals surface area contributed by atoms with E-state index in [1.807, 2.05) is 0 Å². The van der Waals surface area contributed by atoms with Crippen molar-refractivity contribution in [2.75, 3.05) is 40.8 Å². The molecule has 8 nitrogen and oxygen atoms in total. The minimum atomic E-state index is -3.41. The molecule has 3 rings (SSSR count). The molecule has 0 aliphatic carbocycles. The van der Waals surface area contributed by atoms with E-state index in [-0.39, 0.29) is 18.5 Å². The molecule has 0 radical (unpaired) electrons. The lowest BCUT2D eigenvalue weighted by molar-refractivity contribution is -0.116. The Morgan fingerprint density at radius 2 is 1.79 bits per heavy atom. The zero-order valence-electron chi connectivity index (χ0n) is 15.1. The lowest BCUT2D eigenvalue weighted by atomic mass is 10.3.